The smallest absolute Gasteiger partial charge is 0.289 e. The molecule has 0 bridgehead atoms. The van der Waals surface area contributed by atoms with Gasteiger partial charge in [0.05, 0.1) is 6.54 Å². The largest absolute Gasteiger partial charge is 0.383 e. The van der Waals surface area contributed by atoms with Crippen molar-refractivity contribution in [3.63, 3.8) is 0 Å². The zero-order valence-corrected chi connectivity index (χ0v) is 28.2. The van der Waals surface area contributed by atoms with Crippen LogP contribution in [0.1, 0.15) is 112 Å². The lowest BCUT2D eigenvalue weighted by molar-refractivity contribution is -0.147. The molecule has 46 heavy (non-hydrogen) atoms. The average molecular weight is 646 g/mol. The first-order valence-electron chi connectivity index (χ1n) is 17.4. The fourth-order valence-corrected chi connectivity index (χ4v) is 7.31. The lowest BCUT2D eigenvalue weighted by Gasteiger charge is -2.40. The number of carbonyl (C=O) groups excluding carboxylic acids is 6. The third kappa shape index (κ3) is 8.86. The van der Waals surface area contributed by atoms with Crippen molar-refractivity contribution in [2.24, 2.45) is 23.2 Å². The van der Waals surface area contributed by atoms with Crippen molar-refractivity contribution in [1.82, 2.24) is 26.2 Å². The van der Waals surface area contributed by atoms with Crippen LogP contribution in [0.2, 0.25) is 0 Å². The molecule has 0 radical (unpaired) electrons. The molecule has 4 aliphatic rings. The number of nitrogens with one attached hydrogen (secondary N) is 4. The number of ketones is 1. The minimum atomic E-state index is -1.27. The van der Waals surface area contributed by atoms with Gasteiger partial charge in [0.1, 0.15) is 24.2 Å². The topological polar surface area (TPSA) is 174 Å². The molecule has 3 unspecified atom stereocenters. The normalized spacial score (nSPS) is 25.5. The molecular formula is C34H55N5O7. The summed E-state index contributed by atoms with van der Waals surface area (Å²) in [4.78, 5) is 81.3. The van der Waals surface area contributed by atoms with Gasteiger partial charge in [0.15, 0.2) is 0 Å². The molecule has 3 saturated carbocycles. The van der Waals surface area contributed by atoms with E-state index in [9.17, 15) is 33.9 Å². The van der Waals surface area contributed by atoms with Crippen molar-refractivity contribution in [1.29, 1.82) is 0 Å². The Hall–Kier alpha value is -3.02. The lowest BCUT2D eigenvalue weighted by atomic mass is 9.81. The summed E-state index contributed by atoms with van der Waals surface area (Å²) in [7, 11) is 0. The Bertz CT molecular complexity index is 1160. The maximum atomic E-state index is 14.6. The van der Waals surface area contributed by atoms with E-state index < -0.39 is 65.6 Å². The van der Waals surface area contributed by atoms with Crippen LogP contribution in [-0.2, 0) is 28.8 Å². The number of fused-ring (bicyclic) bond motifs is 1. The maximum absolute atomic E-state index is 14.6. The van der Waals surface area contributed by atoms with E-state index in [1.165, 1.54) is 0 Å². The number of likely N-dealkylation sites (tertiary alicyclic amines) is 1. The molecule has 3 aliphatic carbocycles. The first-order valence-corrected chi connectivity index (χ1v) is 17.4. The minimum absolute atomic E-state index is 0.0223. The molecule has 1 heterocycles. The van der Waals surface area contributed by atoms with Gasteiger partial charge in [-0.15, -0.1) is 0 Å². The summed E-state index contributed by atoms with van der Waals surface area (Å²) < 4.78 is 0. The highest BCUT2D eigenvalue weighted by Gasteiger charge is 2.51. The summed E-state index contributed by atoms with van der Waals surface area (Å²) >= 11 is 0. The summed E-state index contributed by atoms with van der Waals surface area (Å²) in [6.45, 7) is 8.58. The number of hydrogen-bond donors (Lipinski definition) is 5. The highest BCUT2D eigenvalue weighted by atomic mass is 16.3. The van der Waals surface area contributed by atoms with Gasteiger partial charge in [-0.1, -0.05) is 66.7 Å². The van der Waals surface area contributed by atoms with Gasteiger partial charge in [-0.05, 0) is 68.1 Å². The number of hydrogen-bond acceptors (Lipinski definition) is 7. The third-order valence-electron chi connectivity index (χ3n) is 10.2. The molecule has 0 spiro atoms. The number of rotatable bonds is 12. The molecule has 0 aromatic rings. The number of amides is 5. The second-order valence-electron chi connectivity index (χ2n) is 15.4. The molecule has 0 aromatic carbocycles. The molecule has 6 atom stereocenters. The van der Waals surface area contributed by atoms with Crippen LogP contribution in [0.15, 0.2) is 0 Å². The number of aliphatic hydroxyl groups is 1. The first kappa shape index (κ1) is 35.8. The Morgan fingerprint density at radius 3 is 2.07 bits per heavy atom. The van der Waals surface area contributed by atoms with Crippen LogP contribution in [0, 0.1) is 23.2 Å². The fourth-order valence-electron chi connectivity index (χ4n) is 7.31. The van der Waals surface area contributed by atoms with E-state index in [1.54, 1.807) is 18.7 Å². The monoisotopic (exact) mass is 645 g/mol. The minimum Gasteiger partial charge on any atom is -0.383 e. The van der Waals surface area contributed by atoms with Gasteiger partial charge in [0.2, 0.25) is 29.4 Å². The van der Waals surface area contributed by atoms with Crippen LogP contribution in [0.3, 0.4) is 0 Å². The second-order valence-corrected chi connectivity index (χ2v) is 15.4. The SMILES string of the molecule is CC(C)[C@H](O)C(=O)NC(C(=O)N[C@H](C(=O)N1C2CCCCC2C[C@H]1C(=O)NCC(=O)C(=O)NC1CC1)C(C)(C)C)C1CCCCC1. The van der Waals surface area contributed by atoms with Gasteiger partial charge in [-0.3, -0.25) is 28.8 Å². The van der Waals surface area contributed by atoms with Gasteiger partial charge in [0.25, 0.3) is 5.91 Å². The molecule has 258 valence electrons. The summed E-state index contributed by atoms with van der Waals surface area (Å²) in [5, 5.41) is 21.5. The second kappa shape index (κ2) is 15.3. The van der Waals surface area contributed by atoms with Crippen molar-refractivity contribution in [3.05, 3.63) is 0 Å². The standard InChI is InChI=1S/C34H55N5O7/c1-19(2)27(41)32(45)37-26(20-11-7-6-8-12-20)31(44)38-28(34(3,4)5)33(46)39-23-14-10-9-13-21(23)17-24(39)29(42)35-18-25(40)30(43)36-22-15-16-22/h19-24,26-28,41H,6-18H2,1-5H3,(H,35,42)(H,36,43)(H,37,45)(H,38,44)/t21?,23?,24-,26?,27-,28+/m0/s1. The zero-order valence-electron chi connectivity index (χ0n) is 28.2. The Labute approximate surface area is 272 Å². The Morgan fingerprint density at radius 2 is 1.46 bits per heavy atom. The molecule has 12 heteroatoms. The van der Waals surface area contributed by atoms with E-state index in [4.69, 9.17) is 0 Å². The maximum Gasteiger partial charge on any atom is 0.289 e. The summed E-state index contributed by atoms with van der Waals surface area (Å²) in [6, 6.07) is -2.90. The Kier molecular flexibility index (Phi) is 11.9. The number of carbonyl (C=O) groups is 6. The summed E-state index contributed by atoms with van der Waals surface area (Å²) in [5.41, 5.74) is -0.740. The average Bonchev–Trinajstić information content (AvgIpc) is 3.75. The van der Waals surface area contributed by atoms with E-state index in [0.717, 1.165) is 70.6 Å². The quantitative estimate of drug-likeness (QED) is 0.201. The molecule has 0 aromatic heterocycles. The molecule has 12 nitrogen and oxygen atoms in total. The zero-order chi connectivity index (χ0) is 33.8. The molecular weight excluding hydrogens is 590 g/mol. The van der Waals surface area contributed by atoms with E-state index in [-0.39, 0.29) is 35.7 Å². The number of nitrogens with zero attached hydrogens (tertiary/aromatic N) is 1. The van der Waals surface area contributed by atoms with Gasteiger partial charge in [-0.25, -0.2) is 0 Å². The predicted molar refractivity (Wildman–Crippen MR) is 171 cm³/mol. The summed E-state index contributed by atoms with van der Waals surface area (Å²) in [6.07, 6.45) is 8.80. The highest BCUT2D eigenvalue weighted by molar-refractivity contribution is 6.37. The van der Waals surface area contributed by atoms with Crippen LogP contribution in [0.5, 0.6) is 0 Å². The number of aliphatic hydroxyl groups excluding tert-OH is 1. The molecule has 5 N–H and O–H groups in total. The molecule has 1 saturated heterocycles. The fraction of sp³-hybridized carbons (Fsp3) is 0.824. The van der Waals surface area contributed by atoms with Gasteiger partial charge >= 0.3 is 0 Å². The van der Waals surface area contributed by atoms with Crippen molar-refractivity contribution < 1.29 is 33.9 Å². The van der Waals surface area contributed by atoms with Crippen LogP contribution in [-0.4, -0.2) is 88.2 Å². The highest BCUT2D eigenvalue weighted by Crippen LogP contribution is 2.41. The Morgan fingerprint density at radius 1 is 0.826 bits per heavy atom. The van der Waals surface area contributed by atoms with Crippen LogP contribution < -0.4 is 21.3 Å². The number of Topliss-reactive ketones (excluding diaryl/α,β-unsaturated/α-hetero) is 1. The van der Waals surface area contributed by atoms with E-state index in [2.05, 4.69) is 21.3 Å². The van der Waals surface area contributed by atoms with E-state index in [1.807, 2.05) is 20.8 Å². The van der Waals surface area contributed by atoms with Crippen LogP contribution in [0.4, 0.5) is 0 Å². The van der Waals surface area contributed by atoms with Crippen molar-refractivity contribution in [3.8, 4) is 0 Å². The van der Waals surface area contributed by atoms with Gasteiger partial charge < -0.3 is 31.3 Å². The van der Waals surface area contributed by atoms with E-state index in [0.29, 0.717) is 6.42 Å². The van der Waals surface area contributed by atoms with Crippen molar-refractivity contribution >= 4 is 35.3 Å². The first-order chi connectivity index (χ1) is 21.7. The molecule has 1 aliphatic heterocycles. The Balaban J connectivity index is 1.53. The third-order valence-corrected chi connectivity index (χ3v) is 10.2. The predicted octanol–water partition coefficient (Wildman–Crippen LogP) is 1.72. The lowest BCUT2D eigenvalue weighted by Crippen LogP contribution is -2.63. The van der Waals surface area contributed by atoms with Gasteiger partial charge in [-0.2, -0.15) is 0 Å². The molecule has 4 fully saturated rings. The van der Waals surface area contributed by atoms with Crippen molar-refractivity contribution in [2.75, 3.05) is 6.54 Å². The van der Waals surface area contributed by atoms with Crippen LogP contribution >= 0.6 is 0 Å². The molecule has 4 rings (SSSR count). The van der Waals surface area contributed by atoms with Crippen LogP contribution in [0.25, 0.3) is 0 Å². The van der Waals surface area contributed by atoms with Crippen molar-refractivity contribution in [2.45, 2.75) is 148 Å². The summed E-state index contributed by atoms with van der Waals surface area (Å²) in [5.74, 6) is -3.73. The molecule has 5 amide bonds. The van der Waals surface area contributed by atoms with Gasteiger partial charge in [0, 0.05) is 12.1 Å². The van der Waals surface area contributed by atoms with E-state index >= 15 is 0 Å².